The predicted molar refractivity (Wildman–Crippen MR) is 71.3 cm³/mol. The van der Waals surface area contributed by atoms with Gasteiger partial charge >= 0.3 is 0 Å². The minimum Gasteiger partial charge on any atom is -0.380 e. The van der Waals surface area contributed by atoms with Gasteiger partial charge in [0.25, 0.3) is 0 Å². The Kier molecular flexibility index (Phi) is 4.40. The summed E-state index contributed by atoms with van der Waals surface area (Å²) in [7, 11) is 0. The molecule has 94 valence electrons. The van der Waals surface area contributed by atoms with Gasteiger partial charge in [0.1, 0.15) is 0 Å². The van der Waals surface area contributed by atoms with Crippen LogP contribution in [0.15, 0.2) is 24.3 Å². The van der Waals surface area contributed by atoms with Crippen molar-refractivity contribution in [2.75, 3.05) is 31.2 Å². The van der Waals surface area contributed by atoms with Crippen LogP contribution in [0.3, 0.4) is 0 Å². The number of nitrogens with two attached hydrogens (primary N) is 1. The summed E-state index contributed by atoms with van der Waals surface area (Å²) in [4.78, 5) is 2.38. The summed E-state index contributed by atoms with van der Waals surface area (Å²) in [5, 5.41) is 0. The highest BCUT2D eigenvalue weighted by molar-refractivity contribution is 5.48. The number of ether oxygens (including phenoxy) is 1. The largest absolute Gasteiger partial charge is 0.380 e. The number of hydrogen-bond acceptors (Lipinski definition) is 3. The first-order valence-corrected chi connectivity index (χ1v) is 6.49. The van der Waals surface area contributed by atoms with E-state index >= 15 is 0 Å². The zero-order valence-corrected chi connectivity index (χ0v) is 10.6. The van der Waals surface area contributed by atoms with E-state index in [0.29, 0.717) is 0 Å². The third-order valence-corrected chi connectivity index (χ3v) is 3.35. The van der Waals surface area contributed by atoms with Gasteiger partial charge in [-0.05, 0) is 30.5 Å². The third-order valence-electron chi connectivity index (χ3n) is 3.35. The molecule has 1 aliphatic heterocycles. The maximum absolute atomic E-state index is 6.01. The van der Waals surface area contributed by atoms with E-state index in [1.165, 1.54) is 11.3 Å². The van der Waals surface area contributed by atoms with Crippen LogP contribution in [0.25, 0.3) is 0 Å². The van der Waals surface area contributed by atoms with Crippen molar-refractivity contribution in [1.29, 1.82) is 0 Å². The molecule has 0 spiro atoms. The molecule has 1 aromatic rings. The van der Waals surface area contributed by atoms with Crippen molar-refractivity contribution in [3.05, 3.63) is 29.8 Å². The maximum Gasteiger partial charge on any atom is 0.0641 e. The van der Waals surface area contributed by atoms with Gasteiger partial charge < -0.3 is 15.4 Å². The van der Waals surface area contributed by atoms with Crippen molar-refractivity contribution < 1.29 is 4.74 Å². The second-order valence-electron chi connectivity index (χ2n) is 4.56. The fourth-order valence-electron chi connectivity index (χ4n) is 2.17. The monoisotopic (exact) mass is 234 g/mol. The summed E-state index contributed by atoms with van der Waals surface area (Å²) in [6, 6.07) is 8.81. The van der Waals surface area contributed by atoms with Crippen molar-refractivity contribution in [1.82, 2.24) is 0 Å². The third kappa shape index (κ3) is 3.20. The van der Waals surface area contributed by atoms with Crippen LogP contribution in [0.5, 0.6) is 0 Å². The number of rotatable bonds is 3. The molecule has 17 heavy (non-hydrogen) atoms. The molecule has 0 saturated carbocycles. The van der Waals surface area contributed by atoms with Crippen LogP contribution in [0.4, 0.5) is 5.69 Å². The average Bonchev–Trinajstić information content (AvgIpc) is 2.67. The summed E-state index contributed by atoms with van der Waals surface area (Å²) in [6.07, 6.45) is 2.09. The first kappa shape index (κ1) is 12.4. The van der Waals surface area contributed by atoms with Gasteiger partial charge in [-0.25, -0.2) is 0 Å². The zero-order chi connectivity index (χ0) is 12.1. The molecule has 3 nitrogen and oxygen atoms in total. The minimum atomic E-state index is 0.163. The Morgan fingerprint density at radius 2 is 2.00 bits per heavy atom. The molecule has 1 atom stereocenters. The summed E-state index contributed by atoms with van der Waals surface area (Å²) in [6.45, 7) is 5.90. The second kappa shape index (κ2) is 6.03. The fraction of sp³-hybridized carbons (Fsp3) is 0.571. The Bertz CT molecular complexity index is 329. The Labute approximate surface area is 104 Å². The lowest BCUT2D eigenvalue weighted by Gasteiger charge is -2.22. The average molecular weight is 234 g/mol. The number of hydrogen-bond donors (Lipinski definition) is 1. The summed E-state index contributed by atoms with van der Waals surface area (Å²) >= 11 is 0. The van der Waals surface area contributed by atoms with Crippen molar-refractivity contribution in [2.24, 2.45) is 5.73 Å². The lowest BCUT2D eigenvalue weighted by molar-refractivity contribution is 0.152. The quantitative estimate of drug-likeness (QED) is 0.872. The summed E-state index contributed by atoms with van der Waals surface area (Å²) in [5.41, 5.74) is 8.52. The molecular weight excluding hydrogens is 212 g/mol. The standard InChI is InChI=1S/C14H22N2O/c1-2-14(15)12-4-6-13(7-5-12)16-8-3-10-17-11-9-16/h4-7,14H,2-3,8-11,15H2,1H3/t14-/m1/s1. The normalized spacial score (nSPS) is 18.8. The van der Waals surface area contributed by atoms with E-state index in [2.05, 4.69) is 36.1 Å². The van der Waals surface area contributed by atoms with Crippen LogP contribution in [-0.4, -0.2) is 26.3 Å². The number of nitrogens with zero attached hydrogens (tertiary/aromatic N) is 1. The van der Waals surface area contributed by atoms with Crippen LogP contribution in [0.1, 0.15) is 31.4 Å². The Morgan fingerprint density at radius 1 is 1.24 bits per heavy atom. The molecule has 1 aromatic carbocycles. The number of anilines is 1. The zero-order valence-electron chi connectivity index (χ0n) is 10.6. The Balaban J connectivity index is 2.05. The van der Waals surface area contributed by atoms with E-state index in [4.69, 9.17) is 10.5 Å². The first-order valence-electron chi connectivity index (χ1n) is 6.49. The minimum absolute atomic E-state index is 0.163. The van der Waals surface area contributed by atoms with E-state index in [9.17, 15) is 0 Å². The van der Waals surface area contributed by atoms with E-state index in [0.717, 1.165) is 39.1 Å². The Morgan fingerprint density at radius 3 is 2.71 bits per heavy atom. The van der Waals surface area contributed by atoms with E-state index in [1.54, 1.807) is 0 Å². The molecule has 2 rings (SSSR count). The van der Waals surface area contributed by atoms with Crippen molar-refractivity contribution in [3.63, 3.8) is 0 Å². The SMILES string of the molecule is CC[C@@H](N)c1ccc(N2CCCOCC2)cc1. The maximum atomic E-state index is 6.01. The lowest BCUT2D eigenvalue weighted by atomic mass is 10.1. The molecule has 0 aromatic heterocycles. The van der Waals surface area contributed by atoms with Gasteiger partial charge in [-0.2, -0.15) is 0 Å². The molecule has 0 unspecified atom stereocenters. The molecule has 1 aliphatic rings. The molecule has 3 heteroatoms. The van der Waals surface area contributed by atoms with Gasteiger partial charge in [0.2, 0.25) is 0 Å². The molecule has 1 saturated heterocycles. The van der Waals surface area contributed by atoms with Gasteiger partial charge in [-0.3, -0.25) is 0 Å². The van der Waals surface area contributed by atoms with Crippen LogP contribution in [0, 0.1) is 0 Å². The molecule has 0 aliphatic carbocycles. The van der Waals surface area contributed by atoms with Crippen LogP contribution in [-0.2, 0) is 4.74 Å². The lowest BCUT2D eigenvalue weighted by Crippen LogP contribution is -2.25. The predicted octanol–water partition coefficient (Wildman–Crippen LogP) is 2.32. The van der Waals surface area contributed by atoms with Crippen LogP contribution >= 0.6 is 0 Å². The highest BCUT2D eigenvalue weighted by Crippen LogP contribution is 2.20. The molecule has 0 bridgehead atoms. The van der Waals surface area contributed by atoms with Crippen LogP contribution in [0.2, 0.25) is 0 Å². The van der Waals surface area contributed by atoms with E-state index < -0.39 is 0 Å². The van der Waals surface area contributed by atoms with Gasteiger partial charge in [-0.1, -0.05) is 19.1 Å². The van der Waals surface area contributed by atoms with Crippen molar-refractivity contribution in [3.8, 4) is 0 Å². The van der Waals surface area contributed by atoms with Gasteiger partial charge in [-0.15, -0.1) is 0 Å². The van der Waals surface area contributed by atoms with Gasteiger partial charge in [0.15, 0.2) is 0 Å². The fourth-order valence-corrected chi connectivity index (χ4v) is 2.17. The highest BCUT2D eigenvalue weighted by Gasteiger charge is 2.10. The topological polar surface area (TPSA) is 38.5 Å². The molecular formula is C14H22N2O. The van der Waals surface area contributed by atoms with Crippen LogP contribution < -0.4 is 10.6 Å². The van der Waals surface area contributed by atoms with Gasteiger partial charge in [0, 0.05) is 31.4 Å². The molecule has 1 fully saturated rings. The van der Waals surface area contributed by atoms with E-state index in [-0.39, 0.29) is 6.04 Å². The van der Waals surface area contributed by atoms with Crippen molar-refractivity contribution in [2.45, 2.75) is 25.8 Å². The number of benzene rings is 1. The first-order chi connectivity index (χ1) is 8.31. The summed E-state index contributed by atoms with van der Waals surface area (Å²) < 4.78 is 5.46. The summed E-state index contributed by atoms with van der Waals surface area (Å²) in [5.74, 6) is 0. The Hall–Kier alpha value is -1.06. The molecule has 0 radical (unpaired) electrons. The molecule has 1 heterocycles. The second-order valence-corrected chi connectivity index (χ2v) is 4.56. The highest BCUT2D eigenvalue weighted by atomic mass is 16.5. The molecule has 0 amide bonds. The van der Waals surface area contributed by atoms with E-state index in [1.807, 2.05) is 0 Å². The van der Waals surface area contributed by atoms with Gasteiger partial charge in [0.05, 0.1) is 6.61 Å². The molecule has 2 N–H and O–H groups in total. The van der Waals surface area contributed by atoms with Crippen molar-refractivity contribution >= 4 is 5.69 Å². The smallest absolute Gasteiger partial charge is 0.0641 e.